The van der Waals surface area contributed by atoms with Crippen molar-refractivity contribution in [2.45, 2.75) is 25.6 Å². The lowest BCUT2D eigenvalue weighted by atomic mass is 9.98. The zero-order chi connectivity index (χ0) is 20.8. The van der Waals surface area contributed by atoms with E-state index in [1.807, 2.05) is 19.1 Å². The van der Waals surface area contributed by atoms with Gasteiger partial charge in [0.05, 0.1) is 20.3 Å². The van der Waals surface area contributed by atoms with Crippen molar-refractivity contribution in [1.29, 1.82) is 0 Å². The minimum absolute atomic E-state index is 0.160. The first kappa shape index (κ1) is 20.6. The number of carbonyl (C=O) groups excluding carboxylic acids is 2. The molecule has 1 aromatic carbocycles. The predicted molar refractivity (Wildman–Crippen MR) is 105 cm³/mol. The van der Waals surface area contributed by atoms with Crippen LogP contribution in [0.1, 0.15) is 24.1 Å². The molecule has 0 aliphatic carbocycles. The number of methoxy groups -OCH3 is 2. The molecule has 1 aliphatic rings. The minimum Gasteiger partial charge on any atom is -0.493 e. The van der Waals surface area contributed by atoms with Crippen LogP contribution in [-0.4, -0.2) is 55.2 Å². The van der Waals surface area contributed by atoms with E-state index in [0.717, 1.165) is 5.56 Å². The molecule has 2 heterocycles. The van der Waals surface area contributed by atoms with Gasteiger partial charge in [0, 0.05) is 25.5 Å². The van der Waals surface area contributed by atoms with E-state index >= 15 is 0 Å². The number of aromatic nitrogens is 1. The molecular formula is C21H25N3O5. The van der Waals surface area contributed by atoms with Gasteiger partial charge in [0.25, 0.3) is 5.91 Å². The summed E-state index contributed by atoms with van der Waals surface area (Å²) >= 11 is 0. The van der Waals surface area contributed by atoms with Gasteiger partial charge >= 0.3 is 0 Å². The van der Waals surface area contributed by atoms with Crippen LogP contribution in [0.15, 0.2) is 42.7 Å². The standard InChI is InChI=1S/C21H25N3O5/c1-4-24(12-14-7-9-22-10-8-14)21(26)20-19(23-18(25)13-29-20)15-5-6-16(27-2)17(11-15)28-3/h5-11,19-20H,4,12-13H2,1-3H3,(H,23,25)/t19-,20+/m1/s1. The molecule has 2 amide bonds. The van der Waals surface area contributed by atoms with E-state index in [0.29, 0.717) is 30.2 Å². The van der Waals surface area contributed by atoms with Gasteiger partial charge in [-0.3, -0.25) is 14.6 Å². The first-order valence-electron chi connectivity index (χ1n) is 9.38. The van der Waals surface area contributed by atoms with Gasteiger partial charge in [-0.15, -0.1) is 0 Å². The molecule has 2 aromatic rings. The van der Waals surface area contributed by atoms with Gasteiger partial charge < -0.3 is 24.4 Å². The fourth-order valence-corrected chi connectivity index (χ4v) is 3.30. The highest BCUT2D eigenvalue weighted by Gasteiger charge is 2.38. The van der Waals surface area contributed by atoms with Crippen LogP contribution in [0.3, 0.4) is 0 Å². The van der Waals surface area contributed by atoms with Crippen LogP contribution < -0.4 is 14.8 Å². The van der Waals surface area contributed by atoms with Gasteiger partial charge in [0.1, 0.15) is 6.61 Å². The number of carbonyl (C=O) groups is 2. The van der Waals surface area contributed by atoms with Crippen molar-refractivity contribution < 1.29 is 23.8 Å². The summed E-state index contributed by atoms with van der Waals surface area (Å²) in [5.74, 6) is 0.616. The number of nitrogens with zero attached hydrogens (tertiary/aromatic N) is 2. The van der Waals surface area contributed by atoms with Crippen LogP contribution in [0.25, 0.3) is 0 Å². The molecule has 3 rings (SSSR count). The van der Waals surface area contributed by atoms with Gasteiger partial charge in [-0.05, 0) is 42.3 Å². The van der Waals surface area contributed by atoms with Crippen molar-refractivity contribution in [3.63, 3.8) is 0 Å². The second-order valence-corrected chi connectivity index (χ2v) is 6.60. The van der Waals surface area contributed by atoms with Gasteiger partial charge in [0.2, 0.25) is 5.91 Å². The molecule has 1 fully saturated rings. The molecule has 8 nitrogen and oxygen atoms in total. The molecule has 2 atom stereocenters. The lowest BCUT2D eigenvalue weighted by Crippen LogP contribution is -2.53. The van der Waals surface area contributed by atoms with E-state index in [-0.39, 0.29) is 18.4 Å². The Balaban J connectivity index is 1.87. The second kappa shape index (κ2) is 9.38. The fraction of sp³-hybridized carbons (Fsp3) is 0.381. The first-order valence-corrected chi connectivity index (χ1v) is 9.38. The maximum absolute atomic E-state index is 13.3. The Morgan fingerprint density at radius 1 is 1.21 bits per heavy atom. The van der Waals surface area contributed by atoms with Crippen LogP contribution in [0.4, 0.5) is 0 Å². The quantitative estimate of drug-likeness (QED) is 0.762. The molecule has 1 aromatic heterocycles. The number of ether oxygens (including phenoxy) is 3. The van der Waals surface area contributed by atoms with Crippen LogP contribution in [0.2, 0.25) is 0 Å². The Morgan fingerprint density at radius 3 is 2.59 bits per heavy atom. The van der Waals surface area contributed by atoms with Crippen LogP contribution in [0.5, 0.6) is 11.5 Å². The number of hydrogen-bond donors (Lipinski definition) is 1. The molecule has 0 radical (unpaired) electrons. The largest absolute Gasteiger partial charge is 0.493 e. The summed E-state index contributed by atoms with van der Waals surface area (Å²) in [7, 11) is 3.08. The number of pyridine rings is 1. The Kier molecular flexibility index (Phi) is 6.66. The summed E-state index contributed by atoms with van der Waals surface area (Å²) in [4.78, 5) is 31.0. The van der Waals surface area contributed by atoms with Gasteiger partial charge in [-0.25, -0.2) is 0 Å². The van der Waals surface area contributed by atoms with Crippen molar-refractivity contribution in [2.75, 3.05) is 27.4 Å². The van der Waals surface area contributed by atoms with Gasteiger partial charge in [-0.2, -0.15) is 0 Å². The molecular weight excluding hydrogens is 374 g/mol. The fourth-order valence-electron chi connectivity index (χ4n) is 3.30. The highest BCUT2D eigenvalue weighted by Crippen LogP contribution is 2.33. The summed E-state index contributed by atoms with van der Waals surface area (Å²) in [6.45, 7) is 2.69. The van der Waals surface area contributed by atoms with E-state index in [1.165, 1.54) is 7.11 Å². The maximum Gasteiger partial charge on any atom is 0.254 e. The van der Waals surface area contributed by atoms with E-state index in [2.05, 4.69) is 10.3 Å². The number of rotatable bonds is 7. The van der Waals surface area contributed by atoms with Crippen molar-refractivity contribution >= 4 is 11.8 Å². The number of hydrogen-bond acceptors (Lipinski definition) is 6. The van der Waals surface area contributed by atoms with Crippen LogP contribution in [0, 0.1) is 0 Å². The molecule has 0 saturated carbocycles. The van der Waals surface area contributed by atoms with Gasteiger partial charge in [0.15, 0.2) is 17.6 Å². The Morgan fingerprint density at radius 2 is 1.93 bits per heavy atom. The number of benzene rings is 1. The summed E-state index contributed by atoms with van der Waals surface area (Å²) in [6.07, 6.45) is 2.54. The van der Waals surface area contributed by atoms with Gasteiger partial charge in [-0.1, -0.05) is 6.07 Å². The Bertz CT molecular complexity index is 859. The number of likely N-dealkylation sites (N-methyl/N-ethyl adjacent to an activating group) is 1. The molecule has 1 aliphatic heterocycles. The second-order valence-electron chi connectivity index (χ2n) is 6.60. The molecule has 1 N–H and O–H groups in total. The lowest BCUT2D eigenvalue weighted by molar-refractivity contribution is -0.155. The molecule has 0 bridgehead atoms. The monoisotopic (exact) mass is 399 g/mol. The molecule has 1 saturated heterocycles. The summed E-state index contributed by atoms with van der Waals surface area (Å²) in [5, 5.41) is 2.88. The predicted octanol–water partition coefficient (Wildman–Crippen LogP) is 1.70. The van der Waals surface area contributed by atoms with E-state index in [4.69, 9.17) is 14.2 Å². The van der Waals surface area contributed by atoms with E-state index in [9.17, 15) is 9.59 Å². The molecule has 0 spiro atoms. The zero-order valence-electron chi connectivity index (χ0n) is 16.8. The number of amides is 2. The Labute approximate surface area is 169 Å². The van der Waals surface area contributed by atoms with Crippen molar-refractivity contribution in [3.8, 4) is 11.5 Å². The third kappa shape index (κ3) is 4.65. The average molecular weight is 399 g/mol. The summed E-state index contributed by atoms with van der Waals surface area (Å²) < 4.78 is 16.3. The normalized spacial score (nSPS) is 18.7. The zero-order valence-corrected chi connectivity index (χ0v) is 16.8. The summed E-state index contributed by atoms with van der Waals surface area (Å²) in [6, 6.07) is 8.38. The third-order valence-corrected chi connectivity index (χ3v) is 4.84. The number of nitrogens with one attached hydrogen (secondary N) is 1. The third-order valence-electron chi connectivity index (χ3n) is 4.84. The molecule has 29 heavy (non-hydrogen) atoms. The smallest absolute Gasteiger partial charge is 0.254 e. The summed E-state index contributed by atoms with van der Waals surface area (Å²) in [5.41, 5.74) is 1.67. The maximum atomic E-state index is 13.3. The van der Waals surface area contributed by atoms with Crippen molar-refractivity contribution in [2.24, 2.45) is 0 Å². The average Bonchev–Trinajstić information content (AvgIpc) is 2.77. The topological polar surface area (TPSA) is 90.0 Å². The van der Waals surface area contributed by atoms with Crippen molar-refractivity contribution in [3.05, 3.63) is 53.9 Å². The highest BCUT2D eigenvalue weighted by molar-refractivity contribution is 5.86. The lowest BCUT2D eigenvalue weighted by Gasteiger charge is -2.35. The Hall–Kier alpha value is -3.13. The van der Waals surface area contributed by atoms with Crippen LogP contribution in [-0.2, 0) is 20.9 Å². The first-order chi connectivity index (χ1) is 14.1. The molecule has 0 unspecified atom stereocenters. The highest BCUT2D eigenvalue weighted by atomic mass is 16.5. The van der Waals surface area contributed by atoms with E-state index < -0.39 is 12.1 Å². The number of morpholine rings is 1. The molecule has 154 valence electrons. The van der Waals surface area contributed by atoms with E-state index in [1.54, 1.807) is 42.6 Å². The molecule has 8 heteroatoms. The SMILES string of the molecule is CCN(Cc1ccncc1)C(=O)[C@H]1OCC(=O)N[C@@H]1c1ccc(OC)c(OC)c1. The van der Waals surface area contributed by atoms with Crippen LogP contribution >= 0.6 is 0 Å². The van der Waals surface area contributed by atoms with Crippen molar-refractivity contribution in [1.82, 2.24) is 15.2 Å². The minimum atomic E-state index is -0.840.